The third-order valence-corrected chi connectivity index (χ3v) is 5.53. The van der Waals surface area contributed by atoms with E-state index in [2.05, 4.69) is 51.9 Å². The number of aromatic nitrogens is 2. The number of hydrogen-bond acceptors (Lipinski definition) is 6. The van der Waals surface area contributed by atoms with Crippen LogP contribution in [0.25, 0.3) is 5.76 Å². The molecule has 1 aromatic heterocycles. The van der Waals surface area contributed by atoms with Crippen molar-refractivity contribution in [2.75, 3.05) is 30.5 Å². The van der Waals surface area contributed by atoms with E-state index in [1.807, 2.05) is 30.3 Å². The number of methoxy groups -OCH3 is 1. The van der Waals surface area contributed by atoms with E-state index in [0.29, 0.717) is 24.8 Å². The third kappa shape index (κ3) is 4.75. The molecule has 160 valence electrons. The molecule has 0 saturated carbocycles. The minimum absolute atomic E-state index is 0.0267. The molecular formula is C24H25ClN4O2. The highest BCUT2D eigenvalue weighted by Crippen LogP contribution is 2.37. The molecule has 1 aliphatic rings. The predicted molar refractivity (Wildman–Crippen MR) is 125 cm³/mol. The summed E-state index contributed by atoms with van der Waals surface area (Å²) in [6.45, 7) is 8.01. The summed E-state index contributed by atoms with van der Waals surface area (Å²) in [5, 5.41) is 4.25. The predicted octanol–water partition coefficient (Wildman–Crippen LogP) is 5.32. The van der Waals surface area contributed by atoms with E-state index in [1.165, 1.54) is 6.33 Å². The quantitative estimate of drug-likeness (QED) is 0.506. The molecule has 1 N–H and O–H groups in total. The standard InChI is InChI=1S/C24H25ClN4O2/c1-16(19-7-9-20(10-8-19)17(2)30-3)28-23-22-24(27-15-26-23)31-12-11-29(22)14-18-5-4-6-21(25)13-18/h4-10,13,15-16H,2,11-12,14H2,1,3H3,(H,26,27,28). The van der Waals surface area contributed by atoms with Gasteiger partial charge in [-0.25, -0.2) is 4.98 Å². The molecule has 0 fully saturated rings. The van der Waals surface area contributed by atoms with Crippen LogP contribution in [0.4, 0.5) is 11.5 Å². The van der Waals surface area contributed by atoms with Crippen molar-refractivity contribution < 1.29 is 9.47 Å². The fourth-order valence-electron chi connectivity index (χ4n) is 3.60. The lowest BCUT2D eigenvalue weighted by Crippen LogP contribution is -2.33. The van der Waals surface area contributed by atoms with Gasteiger partial charge in [0.25, 0.3) is 0 Å². The maximum absolute atomic E-state index is 6.18. The van der Waals surface area contributed by atoms with Crippen LogP contribution >= 0.6 is 11.6 Å². The summed E-state index contributed by atoms with van der Waals surface area (Å²) in [5.74, 6) is 1.97. The highest BCUT2D eigenvalue weighted by molar-refractivity contribution is 6.30. The Balaban J connectivity index is 1.57. The molecule has 31 heavy (non-hydrogen) atoms. The van der Waals surface area contributed by atoms with E-state index in [0.717, 1.165) is 39.8 Å². The smallest absolute Gasteiger partial charge is 0.243 e. The molecule has 7 heteroatoms. The van der Waals surface area contributed by atoms with Gasteiger partial charge in [0, 0.05) is 17.1 Å². The summed E-state index contributed by atoms with van der Waals surface area (Å²) in [5.41, 5.74) is 4.07. The van der Waals surface area contributed by atoms with Crippen LogP contribution in [0.15, 0.2) is 61.4 Å². The average Bonchev–Trinajstić information content (AvgIpc) is 2.79. The van der Waals surface area contributed by atoms with Crippen molar-refractivity contribution >= 4 is 28.9 Å². The van der Waals surface area contributed by atoms with E-state index in [-0.39, 0.29) is 6.04 Å². The zero-order valence-corrected chi connectivity index (χ0v) is 18.4. The van der Waals surface area contributed by atoms with Gasteiger partial charge in [-0.1, -0.05) is 54.6 Å². The first-order chi connectivity index (χ1) is 15.0. The maximum Gasteiger partial charge on any atom is 0.243 e. The van der Waals surface area contributed by atoms with Crippen molar-refractivity contribution in [1.82, 2.24) is 9.97 Å². The number of halogens is 1. The van der Waals surface area contributed by atoms with Crippen molar-refractivity contribution in [2.45, 2.75) is 19.5 Å². The average molecular weight is 437 g/mol. The van der Waals surface area contributed by atoms with Crippen LogP contribution in [0.3, 0.4) is 0 Å². The largest absolute Gasteiger partial charge is 0.497 e. The molecule has 2 heterocycles. The second-order valence-electron chi connectivity index (χ2n) is 7.39. The summed E-state index contributed by atoms with van der Waals surface area (Å²) in [6, 6.07) is 16.0. The van der Waals surface area contributed by atoms with Gasteiger partial charge in [-0.15, -0.1) is 0 Å². The molecule has 0 spiro atoms. The van der Waals surface area contributed by atoms with E-state index in [9.17, 15) is 0 Å². The first kappa shape index (κ1) is 21.0. The Kier molecular flexibility index (Phi) is 6.28. The molecule has 0 amide bonds. The number of benzene rings is 2. The van der Waals surface area contributed by atoms with Crippen LogP contribution in [0, 0.1) is 0 Å². The molecule has 0 aliphatic carbocycles. The van der Waals surface area contributed by atoms with Crippen LogP contribution < -0.4 is 15.0 Å². The van der Waals surface area contributed by atoms with Crippen molar-refractivity contribution in [3.8, 4) is 5.88 Å². The van der Waals surface area contributed by atoms with Gasteiger partial charge in [0.2, 0.25) is 5.88 Å². The lowest BCUT2D eigenvalue weighted by molar-refractivity contribution is 0.294. The van der Waals surface area contributed by atoms with Gasteiger partial charge in [-0.05, 0) is 30.2 Å². The van der Waals surface area contributed by atoms with E-state index in [1.54, 1.807) is 7.11 Å². The molecule has 0 saturated heterocycles. The molecular weight excluding hydrogens is 412 g/mol. The van der Waals surface area contributed by atoms with Gasteiger partial charge < -0.3 is 19.7 Å². The lowest BCUT2D eigenvalue weighted by Gasteiger charge is -2.32. The normalized spacial score (nSPS) is 13.7. The third-order valence-electron chi connectivity index (χ3n) is 5.30. The van der Waals surface area contributed by atoms with Gasteiger partial charge >= 0.3 is 0 Å². The van der Waals surface area contributed by atoms with Crippen LogP contribution in [0.5, 0.6) is 5.88 Å². The number of hydrogen-bond donors (Lipinski definition) is 1. The number of anilines is 2. The van der Waals surface area contributed by atoms with E-state index < -0.39 is 0 Å². The Labute approximate surface area is 187 Å². The SMILES string of the molecule is C=C(OC)c1ccc(C(C)Nc2ncnc3c2N(Cc2cccc(Cl)c2)CCO3)cc1. The molecule has 1 unspecified atom stereocenters. The van der Waals surface area contributed by atoms with Crippen molar-refractivity contribution in [2.24, 2.45) is 0 Å². The first-order valence-corrected chi connectivity index (χ1v) is 10.5. The molecule has 4 rings (SSSR count). The minimum atomic E-state index is 0.0267. The van der Waals surface area contributed by atoms with Crippen LogP contribution in [-0.4, -0.2) is 30.2 Å². The Bertz CT molecular complexity index is 1070. The molecule has 2 aromatic carbocycles. The fourth-order valence-corrected chi connectivity index (χ4v) is 3.81. The van der Waals surface area contributed by atoms with Crippen molar-refractivity contribution in [3.63, 3.8) is 0 Å². The van der Waals surface area contributed by atoms with Gasteiger partial charge in [0.15, 0.2) is 5.82 Å². The summed E-state index contributed by atoms with van der Waals surface area (Å²) in [4.78, 5) is 11.1. The maximum atomic E-state index is 6.18. The second-order valence-corrected chi connectivity index (χ2v) is 7.83. The highest BCUT2D eigenvalue weighted by Gasteiger charge is 2.25. The van der Waals surface area contributed by atoms with Crippen molar-refractivity contribution in [3.05, 3.63) is 83.2 Å². The number of ether oxygens (including phenoxy) is 2. The molecule has 1 aliphatic heterocycles. The zero-order chi connectivity index (χ0) is 21.8. The molecule has 1 atom stereocenters. The van der Waals surface area contributed by atoms with E-state index in [4.69, 9.17) is 21.1 Å². The highest BCUT2D eigenvalue weighted by atomic mass is 35.5. The topological polar surface area (TPSA) is 59.5 Å². The van der Waals surface area contributed by atoms with Crippen molar-refractivity contribution in [1.29, 1.82) is 0 Å². The van der Waals surface area contributed by atoms with Crippen LogP contribution in [0.2, 0.25) is 5.02 Å². The molecule has 3 aromatic rings. The minimum Gasteiger partial charge on any atom is -0.497 e. The van der Waals surface area contributed by atoms with E-state index >= 15 is 0 Å². The summed E-state index contributed by atoms with van der Waals surface area (Å²) >= 11 is 6.18. The Morgan fingerprint density at radius 1 is 1.26 bits per heavy atom. The monoisotopic (exact) mass is 436 g/mol. The van der Waals surface area contributed by atoms with Gasteiger partial charge in [0.05, 0.1) is 19.7 Å². The summed E-state index contributed by atoms with van der Waals surface area (Å²) in [6.07, 6.45) is 1.53. The summed E-state index contributed by atoms with van der Waals surface area (Å²) in [7, 11) is 1.62. The van der Waals surface area contributed by atoms with Gasteiger partial charge in [0.1, 0.15) is 24.4 Å². The molecule has 0 bridgehead atoms. The first-order valence-electron chi connectivity index (χ1n) is 10.1. The van der Waals surface area contributed by atoms with Gasteiger partial charge in [-0.2, -0.15) is 4.98 Å². The lowest BCUT2D eigenvalue weighted by atomic mass is 10.1. The molecule has 0 radical (unpaired) electrons. The second kappa shape index (κ2) is 9.27. The Morgan fingerprint density at radius 3 is 2.81 bits per heavy atom. The van der Waals surface area contributed by atoms with Crippen LogP contribution in [-0.2, 0) is 11.3 Å². The Morgan fingerprint density at radius 2 is 2.06 bits per heavy atom. The summed E-state index contributed by atoms with van der Waals surface area (Å²) < 4.78 is 11.0. The number of rotatable bonds is 7. The van der Waals surface area contributed by atoms with Gasteiger partial charge in [-0.3, -0.25) is 0 Å². The number of nitrogens with one attached hydrogen (secondary N) is 1. The number of fused-ring (bicyclic) bond motifs is 1. The number of nitrogens with zero attached hydrogens (tertiary/aromatic N) is 3. The molecule has 6 nitrogen and oxygen atoms in total. The zero-order valence-electron chi connectivity index (χ0n) is 17.6. The Hall–Kier alpha value is -3.25. The fraction of sp³-hybridized carbons (Fsp3) is 0.250. The van der Waals surface area contributed by atoms with Crippen LogP contribution in [0.1, 0.15) is 29.7 Å².